The minimum atomic E-state index is 0.153. The number of carbonyl (C=O) groups is 1. The molecule has 0 fully saturated rings. The predicted molar refractivity (Wildman–Crippen MR) is 85.3 cm³/mol. The molecule has 0 N–H and O–H groups in total. The van der Waals surface area contributed by atoms with Crippen molar-refractivity contribution in [2.75, 3.05) is 0 Å². The van der Waals surface area contributed by atoms with Crippen LogP contribution in [-0.2, 0) is 13.5 Å². The first-order valence-electron chi connectivity index (χ1n) is 7.02. The number of carbonyl (C=O) groups excluding carboxylic acids is 1. The Balaban J connectivity index is 1.94. The van der Waals surface area contributed by atoms with Crippen LogP contribution in [0.15, 0.2) is 73.1 Å². The van der Waals surface area contributed by atoms with Gasteiger partial charge in [-0.15, -0.1) is 0 Å². The Bertz CT molecular complexity index is 742. The lowest BCUT2D eigenvalue weighted by Gasteiger charge is -2.04. The molecule has 0 saturated carbocycles. The number of Topliss-reactive ketones (excluding diaryl/α,β-unsaturated/α-hetero) is 1. The summed E-state index contributed by atoms with van der Waals surface area (Å²) in [6.07, 6.45) is 4.35. The van der Waals surface area contributed by atoms with Gasteiger partial charge in [0.15, 0.2) is 5.78 Å². The van der Waals surface area contributed by atoms with Crippen molar-refractivity contribution in [3.05, 3.63) is 84.2 Å². The van der Waals surface area contributed by atoms with E-state index in [9.17, 15) is 4.79 Å². The number of benzene rings is 2. The molecular formula is C19H17NO. The minimum absolute atomic E-state index is 0.153. The lowest BCUT2D eigenvalue weighted by molar-refractivity contribution is 0.0993. The largest absolute Gasteiger partial charge is 0.356 e. The first-order chi connectivity index (χ1) is 10.2. The number of aromatic nitrogens is 1. The van der Waals surface area contributed by atoms with Crippen LogP contribution in [0.5, 0.6) is 0 Å². The van der Waals surface area contributed by atoms with Gasteiger partial charge >= 0.3 is 0 Å². The Labute approximate surface area is 124 Å². The molecule has 104 valence electrons. The maximum atomic E-state index is 12.6. The molecule has 2 aromatic carbocycles. The quantitative estimate of drug-likeness (QED) is 0.656. The van der Waals surface area contributed by atoms with Crippen molar-refractivity contribution < 1.29 is 4.79 Å². The number of aryl methyl sites for hydroxylation is 1. The van der Waals surface area contributed by atoms with Gasteiger partial charge in [-0.25, -0.2) is 0 Å². The molecule has 0 aliphatic carbocycles. The first-order valence-corrected chi connectivity index (χ1v) is 7.02. The summed E-state index contributed by atoms with van der Waals surface area (Å²) in [5.74, 6) is 0.153. The Morgan fingerprint density at radius 1 is 0.905 bits per heavy atom. The lowest BCUT2D eigenvalue weighted by atomic mass is 9.98. The van der Waals surface area contributed by atoms with Crippen molar-refractivity contribution in [3.63, 3.8) is 0 Å². The molecule has 0 amide bonds. The van der Waals surface area contributed by atoms with E-state index in [1.54, 1.807) is 0 Å². The second-order valence-corrected chi connectivity index (χ2v) is 5.20. The van der Waals surface area contributed by atoms with Gasteiger partial charge < -0.3 is 4.57 Å². The fourth-order valence-corrected chi connectivity index (χ4v) is 2.53. The van der Waals surface area contributed by atoms with Crippen LogP contribution in [0.2, 0.25) is 0 Å². The summed E-state index contributed by atoms with van der Waals surface area (Å²) >= 11 is 0. The highest BCUT2D eigenvalue weighted by atomic mass is 16.1. The second kappa shape index (κ2) is 5.80. The minimum Gasteiger partial charge on any atom is -0.356 e. The highest BCUT2D eigenvalue weighted by Gasteiger charge is 2.15. The Kier molecular flexibility index (Phi) is 3.69. The number of hydrogen-bond acceptors (Lipinski definition) is 1. The van der Waals surface area contributed by atoms with E-state index >= 15 is 0 Å². The normalized spacial score (nSPS) is 10.5. The maximum Gasteiger partial charge on any atom is 0.169 e. The van der Waals surface area contributed by atoms with E-state index in [1.807, 2.05) is 84.7 Å². The molecule has 2 heteroatoms. The number of rotatable bonds is 4. The van der Waals surface area contributed by atoms with Crippen LogP contribution in [0.1, 0.15) is 15.9 Å². The second-order valence-electron chi connectivity index (χ2n) is 5.20. The van der Waals surface area contributed by atoms with E-state index in [2.05, 4.69) is 0 Å². The molecule has 1 aromatic heterocycles. The molecule has 0 unspecified atom stereocenters. The Morgan fingerprint density at radius 2 is 1.52 bits per heavy atom. The van der Waals surface area contributed by atoms with Crippen molar-refractivity contribution in [3.8, 4) is 11.1 Å². The van der Waals surface area contributed by atoms with Crippen LogP contribution < -0.4 is 0 Å². The van der Waals surface area contributed by atoms with Crippen LogP contribution >= 0.6 is 0 Å². The topological polar surface area (TPSA) is 22.0 Å². The standard InChI is InChI=1S/C19H17NO/c1-20-13-17(16-10-6-3-7-11-16)18(14-20)19(21)12-15-8-4-2-5-9-15/h2-11,13-14H,12H2,1H3. The monoisotopic (exact) mass is 275 g/mol. The number of hydrogen-bond donors (Lipinski definition) is 0. The predicted octanol–water partition coefficient (Wildman–Crippen LogP) is 4.12. The van der Waals surface area contributed by atoms with Gasteiger partial charge in [0, 0.05) is 37.0 Å². The Hall–Kier alpha value is -2.61. The molecule has 0 bridgehead atoms. The van der Waals surface area contributed by atoms with E-state index < -0.39 is 0 Å². The third kappa shape index (κ3) is 2.95. The molecule has 0 spiro atoms. The van der Waals surface area contributed by atoms with Crippen LogP contribution in [0, 0.1) is 0 Å². The van der Waals surface area contributed by atoms with Crippen LogP contribution in [0.4, 0.5) is 0 Å². The average molecular weight is 275 g/mol. The van der Waals surface area contributed by atoms with E-state index in [4.69, 9.17) is 0 Å². The fraction of sp³-hybridized carbons (Fsp3) is 0.105. The molecular weight excluding hydrogens is 258 g/mol. The van der Waals surface area contributed by atoms with Crippen LogP contribution in [-0.4, -0.2) is 10.4 Å². The molecule has 3 rings (SSSR count). The van der Waals surface area contributed by atoms with Gasteiger partial charge in [-0.3, -0.25) is 4.79 Å². The first kappa shape index (κ1) is 13.4. The molecule has 0 aliphatic rings. The average Bonchev–Trinajstić information content (AvgIpc) is 2.91. The van der Waals surface area contributed by atoms with Crippen molar-refractivity contribution in [2.45, 2.75) is 6.42 Å². The van der Waals surface area contributed by atoms with Gasteiger partial charge in [0.25, 0.3) is 0 Å². The van der Waals surface area contributed by atoms with E-state index in [0.717, 1.165) is 22.3 Å². The van der Waals surface area contributed by atoms with Crippen LogP contribution in [0.3, 0.4) is 0 Å². The van der Waals surface area contributed by atoms with E-state index in [0.29, 0.717) is 6.42 Å². The molecule has 2 nitrogen and oxygen atoms in total. The number of ketones is 1. The zero-order chi connectivity index (χ0) is 14.7. The maximum absolute atomic E-state index is 12.6. The molecule has 0 saturated heterocycles. The molecule has 0 aliphatic heterocycles. The summed E-state index contributed by atoms with van der Waals surface area (Å²) in [7, 11) is 1.95. The van der Waals surface area contributed by atoms with Gasteiger partial charge in [0.05, 0.1) is 0 Å². The molecule has 0 radical (unpaired) electrons. The lowest BCUT2D eigenvalue weighted by Crippen LogP contribution is -2.03. The zero-order valence-electron chi connectivity index (χ0n) is 12.0. The van der Waals surface area contributed by atoms with Gasteiger partial charge in [0.1, 0.15) is 0 Å². The molecule has 1 heterocycles. The van der Waals surface area contributed by atoms with E-state index in [-0.39, 0.29) is 5.78 Å². The summed E-state index contributed by atoms with van der Waals surface area (Å²) in [5, 5.41) is 0. The van der Waals surface area contributed by atoms with Crippen molar-refractivity contribution in [2.24, 2.45) is 7.05 Å². The zero-order valence-corrected chi connectivity index (χ0v) is 12.0. The third-order valence-electron chi connectivity index (χ3n) is 3.55. The van der Waals surface area contributed by atoms with Crippen molar-refractivity contribution in [1.82, 2.24) is 4.57 Å². The molecule has 21 heavy (non-hydrogen) atoms. The molecule has 0 atom stereocenters. The highest BCUT2D eigenvalue weighted by Crippen LogP contribution is 2.25. The third-order valence-corrected chi connectivity index (χ3v) is 3.55. The number of nitrogens with zero attached hydrogens (tertiary/aromatic N) is 1. The highest BCUT2D eigenvalue weighted by molar-refractivity contribution is 6.03. The van der Waals surface area contributed by atoms with Crippen molar-refractivity contribution >= 4 is 5.78 Å². The van der Waals surface area contributed by atoms with Gasteiger partial charge in [-0.1, -0.05) is 60.7 Å². The van der Waals surface area contributed by atoms with Gasteiger partial charge in [-0.2, -0.15) is 0 Å². The summed E-state index contributed by atoms with van der Waals surface area (Å²) in [4.78, 5) is 12.6. The smallest absolute Gasteiger partial charge is 0.169 e. The summed E-state index contributed by atoms with van der Waals surface area (Å²) < 4.78 is 1.94. The van der Waals surface area contributed by atoms with Gasteiger partial charge in [-0.05, 0) is 11.1 Å². The van der Waals surface area contributed by atoms with Crippen LogP contribution in [0.25, 0.3) is 11.1 Å². The van der Waals surface area contributed by atoms with Gasteiger partial charge in [0.2, 0.25) is 0 Å². The SMILES string of the molecule is Cn1cc(C(=O)Cc2ccccc2)c(-c2ccccc2)c1. The summed E-state index contributed by atoms with van der Waals surface area (Å²) in [6.45, 7) is 0. The van der Waals surface area contributed by atoms with E-state index in [1.165, 1.54) is 0 Å². The van der Waals surface area contributed by atoms with Crippen molar-refractivity contribution in [1.29, 1.82) is 0 Å². The molecule has 3 aromatic rings. The summed E-state index contributed by atoms with van der Waals surface area (Å²) in [6, 6.07) is 19.9. The summed E-state index contributed by atoms with van der Waals surface area (Å²) in [5.41, 5.74) is 3.91. The fourth-order valence-electron chi connectivity index (χ4n) is 2.53. The Morgan fingerprint density at radius 3 is 2.19 bits per heavy atom.